The van der Waals surface area contributed by atoms with Crippen LogP contribution >= 0.6 is 34.2 Å². The molecule has 1 aromatic carbocycles. The van der Waals surface area contributed by atoms with Gasteiger partial charge in [-0.15, -0.1) is 0 Å². The number of halogens is 2. The van der Waals surface area contributed by atoms with Crippen molar-refractivity contribution in [3.05, 3.63) is 32.4 Å². The molecule has 0 spiro atoms. The van der Waals surface area contributed by atoms with Gasteiger partial charge in [-0.3, -0.25) is 4.79 Å². The maximum atomic E-state index is 11.5. The van der Waals surface area contributed by atoms with Crippen molar-refractivity contribution in [1.29, 1.82) is 0 Å². The fourth-order valence-electron chi connectivity index (χ4n) is 0.882. The first-order valence-electron chi connectivity index (χ1n) is 3.96. The van der Waals surface area contributed by atoms with Gasteiger partial charge in [0.15, 0.2) is 0 Å². The molecule has 0 aliphatic heterocycles. The van der Waals surface area contributed by atoms with Crippen LogP contribution in [-0.4, -0.2) is 22.6 Å². The molecule has 0 atom stereocenters. The highest BCUT2D eigenvalue weighted by Crippen LogP contribution is 2.20. The molecule has 1 amide bonds. The first-order chi connectivity index (χ1) is 6.79. The summed E-state index contributed by atoms with van der Waals surface area (Å²) in [6.07, 6.45) is 2.83. The lowest BCUT2D eigenvalue weighted by Gasteiger charge is -1.99. The molecule has 1 aromatic rings. The van der Waals surface area contributed by atoms with E-state index in [1.807, 2.05) is 0 Å². The van der Waals surface area contributed by atoms with Crippen molar-refractivity contribution >= 4 is 49.8 Å². The van der Waals surface area contributed by atoms with E-state index in [1.165, 1.54) is 18.6 Å². The van der Waals surface area contributed by atoms with Crippen LogP contribution < -0.4 is 0 Å². The molecular weight excluding hydrogens is 349 g/mol. The highest BCUT2D eigenvalue weighted by Gasteiger charge is 2.07. The number of hydrogen-bond acceptors (Lipinski definition) is 2. The van der Waals surface area contributed by atoms with Gasteiger partial charge in [-0.25, -0.2) is 4.21 Å². The molecule has 0 aromatic heterocycles. The Morgan fingerprint density at radius 3 is 2.53 bits per heavy atom. The van der Waals surface area contributed by atoms with Crippen LogP contribution in [0.1, 0.15) is 10.4 Å². The van der Waals surface area contributed by atoms with Crippen LogP contribution in [0.3, 0.4) is 0 Å². The van der Waals surface area contributed by atoms with Crippen molar-refractivity contribution in [1.82, 2.24) is 0 Å². The molecular formula is C9H9ClINO2S. The van der Waals surface area contributed by atoms with Crippen LogP contribution in [0.15, 0.2) is 22.6 Å². The molecule has 0 aliphatic carbocycles. The lowest BCUT2D eigenvalue weighted by atomic mass is 10.2. The van der Waals surface area contributed by atoms with Crippen molar-refractivity contribution in [3.8, 4) is 0 Å². The van der Waals surface area contributed by atoms with Crippen LogP contribution in [0.5, 0.6) is 0 Å². The monoisotopic (exact) mass is 357 g/mol. The lowest BCUT2D eigenvalue weighted by Crippen LogP contribution is -2.01. The maximum Gasteiger partial charge on any atom is 0.285 e. The number of carbonyl (C=O) groups is 1. The number of carbonyl (C=O) groups excluding carboxylic acids is 1. The minimum absolute atomic E-state index is 0.358. The summed E-state index contributed by atoms with van der Waals surface area (Å²) < 4.78 is 15.7. The molecule has 82 valence electrons. The first-order valence-corrected chi connectivity index (χ1v) is 7.75. The molecule has 6 heteroatoms. The van der Waals surface area contributed by atoms with E-state index in [1.54, 1.807) is 12.1 Å². The quantitative estimate of drug-likeness (QED) is 0.726. The van der Waals surface area contributed by atoms with Crippen LogP contribution in [-0.2, 0) is 9.73 Å². The summed E-state index contributed by atoms with van der Waals surface area (Å²) in [6.45, 7) is 0. The van der Waals surface area contributed by atoms with Gasteiger partial charge in [-0.05, 0) is 40.8 Å². The van der Waals surface area contributed by atoms with Gasteiger partial charge in [-0.2, -0.15) is 4.36 Å². The molecule has 15 heavy (non-hydrogen) atoms. The highest BCUT2D eigenvalue weighted by atomic mass is 127. The normalized spacial score (nSPS) is 11.2. The Kier molecular flexibility index (Phi) is 4.13. The van der Waals surface area contributed by atoms with Crippen molar-refractivity contribution in [2.45, 2.75) is 0 Å². The standard InChI is InChI=1S/C9H9ClINO2S/c1-15(2,14)12-9(13)6-3-4-8(11)7(10)5-6/h3-5H,1-2H3. The van der Waals surface area contributed by atoms with Gasteiger partial charge in [0.1, 0.15) is 0 Å². The summed E-state index contributed by atoms with van der Waals surface area (Å²) >= 11 is 7.92. The fourth-order valence-corrected chi connectivity index (χ4v) is 1.90. The molecule has 3 nitrogen and oxygen atoms in total. The zero-order chi connectivity index (χ0) is 11.6. The maximum absolute atomic E-state index is 11.5. The molecule has 0 bridgehead atoms. The summed E-state index contributed by atoms with van der Waals surface area (Å²) in [5.41, 5.74) is 0.358. The van der Waals surface area contributed by atoms with Crippen molar-refractivity contribution in [2.75, 3.05) is 12.5 Å². The smallest absolute Gasteiger partial charge is 0.266 e. The Bertz CT molecular complexity index is 513. The molecule has 0 heterocycles. The molecule has 0 saturated carbocycles. The third-order valence-electron chi connectivity index (χ3n) is 1.47. The third kappa shape index (κ3) is 4.08. The average Bonchev–Trinajstić information content (AvgIpc) is 2.06. The van der Waals surface area contributed by atoms with Gasteiger partial charge < -0.3 is 0 Å². The van der Waals surface area contributed by atoms with Crippen molar-refractivity contribution in [2.24, 2.45) is 4.36 Å². The van der Waals surface area contributed by atoms with Crippen LogP contribution in [0, 0.1) is 3.57 Å². The molecule has 0 N–H and O–H groups in total. The minimum Gasteiger partial charge on any atom is -0.266 e. The largest absolute Gasteiger partial charge is 0.285 e. The van der Waals surface area contributed by atoms with Crippen LogP contribution in [0.2, 0.25) is 5.02 Å². The van der Waals surface area contributed by atoms with Gasteiger partial charge >= 0.3 is 0 Å². The Morgan fingerprint density at radius 2 is 2.07 bits per heavy atom. The number of nitrogens with zero attached hydrogens (tertiary/aromatic N) is 1. The zero-order valence-corrected chi connectivity index (χ0v) is 11.9. The van der Waals surface area contributed by atoms with E-state index < -0.39 is 15.6 Å². The second kappa shape index (κ2) is 4.80. The third-order valence-corrected chi connectivity index (χ3v) is 3.65. The van der Waals surface area contributed by atoms with E-state index in [-0.39, 0.29) is 0 Å². The Labute approximate surface area is 108 Å². The van der Waals surface area contributed by atoms with Crippen molar-refractivity contribution in [3.63, 3.8) is 0 Å². The number of amides is 1. The van der Waals surface area contributed by atoms with E-state index in [4.69, 9.17) is 11.6 Å². The molecule has 0 saturated heterocycles. The van der Waals surface area contributed by atoms with E-state index in [2.05, 4.69) is 27.0 Å². The summed E-state index contributed by atoms with van der Waals surface area (Å²) in [5.74, 6) is -0.497. The Hall–Kier alpha value is -0.140. The lowest BCUT2D eigenvalue weighted by molar-refractivity contribution is 0.100. The van der Waals surface area contributed by atoms with Gasteiger partial charge in [0.05, 0.1) is 5.02 Å². The van der Waals surface area contributed by atoms with Crippen LogP contribution in [0.4, 0.5) is 0 Å². The Balaban J connectivity index is 3.14. The second-order valence-electron chi connectivity index (χ2n) is 3.21. The zero-order valence-electron chi connectivity index (χ0n) is 8.16. The molecule has 0 fully saturated rings. The van der Waals surface area contributed by atoms with E-state index >= 15 is 0 Å². The molecule has 0 radical (unpaired) electrons. The number of rotatable bonds is 1. The van der Waals surface area contributed by atoms with Gasteiger partial charge in [0.25, 0.3) is 5.91 Å². The minimum atomic E-state index is -2.41. The predicted molar refractivity (Wildman–Crippen MR) is 70.9 cm³/mol. The fraction of sp³-hybridized carbons (Fsp3) is 0.222. The predicted octanol–water partition coefficient (Wildman–Crippen LogP) is 2.81. The molecule has 0 aliphatic rings. The van der Waals surface area contributed by atoms with E-state index in [0.717, 1.165) is 3.57 Å². The number of benzene rings is 1. The van der Waals surface area contributed by atoms with E-state index in [0.29, 0.717) is 10.6 Å². The van der Waals surface area contributed by atoms with Gasteiger partial charge in [0, 0.05) is 31.4 Å². The highest BCUT2D eigenvalue weighted by molar-refractivity contribution is 14.1. The molecule has 1 rings (SSSR count). The van der Waals surface area contributed by atoms with Gasteiger partial charge in [0.2, 0.25) is 0 Å². The summed E-state index contributed by atoms with van der Waals surface area (Å²) in [7, 11) is -2.41. The summed E-state index contributed by atoms with van der Waals surface area (Å²) in [4.78, 5) is 11.5. The first kappa shape index (κ1) is 12.9. The van der Waals surface area contributed by atoms with Gasteiger partial charge in [-0.1, -0.05) is 11.6 Å². The summed E-state index contributed by atoms with van der Waals surface area (Å²) in [5, 5.41) is 0.496. The average molecular weight is 358 g/mol. The Morgan fingerprint density at radius 1 is 1.47 bits per heavy atom. The summed E-state index contributed by atoms with van der Waals surface area (Å²) in [6, 6.07) is 4.86. The SMILES string of the molecule is CS(C)(=O)=NC(=O)c1ccc(I)c(Cl)c1. The topological polar surface area (TPSA) is 46.5 Å². The number of hydrogen-bond donors (Lipinski definition) is 0. The molecule has 0 unspecified atom stereocenters. The van der Waals surface area contributed by atoms with E-state index in [9.17, 15) is 9.00 Å². The van der Waals surface area contributed by atoms with Crippen molar-refractivity contribution < 1.29 is 9.00 Å². The second-order valence-corrected chi connectivity index (χ2v) is 7.32. The van der Waals surface area contributed by atoms with Crippen LogP contribution in [0.25, 0.3) is 0 Å².